The third kappa shape index (κ3) is 6.38. The second kappa shape index (κ2) is 11.3. The molecule has 0 saturated heterocycles. The van der Waals surface area contributed by atoms with E-state index >= 15 is 0 Å². The number of ether oxygens (including phenoxy) is 2. The van der Waals surface area contributed by atoms with Crippen LogP contribution in [0.25, 0.3) is 0 Å². The molecule has 190 valence electrons. The highest BCUT2D eigenvalue weighted by molar-refractivity contribution is 6.08. The van der Waals surface area contributed by atoms with E-state index in [1.165, 1.54) is 21.0 Å². The standard InChI is InChI=1S/C25H29FN6O4/c1-15(2)35-18-11-9-16(10-12-18)30-21-20(26)14-29-24(32-21)31-17-7-6-8-19(13-17)36-25(3,22(33)27-4)23(34)28-5/h6-15H,1-5H3,(H,27,33)(H,28,34)(H2,29,30,31,32). The lowest BCUT2D eigenvalue weighted by Gasteiger charge is -2.27. The quantitative estimate of drug-likeness (QED) is 0.314. The van der Waals surface area contributed by atoms with Gasteiger partial charge in [-0.1, -0.05) is 6.07 Å². The van der Waals surface area contributed by atoms with Crippen LogP contribution in [0.4, 0.5) is 27.5 Å². The van der Waals surface area contributed by atoms with Crippen molar-refractivity contribution in [2.24, 2.45) is 0 Å². The van der Waals surface area contributed by atoms with Gasteiger partial charge < -0.3 is 30.7 Å². The number of carbonyl (C=O) groups is 2. The van der Waals surface area contributed by atoms with Gasteiger partial charge in [0.25, 0.3) is 17.4 Å². The zero-order chi connectivity index (χ0) is 26.3. The van der Waals surface area contributed by atoms with E-state index in [2.05, 4.69) is 31.2 Å². The first kappa shape index (κ1) is 26.2. The average molecular weight is 497 g/mol. The molecule has 4 N–H and O–H groups in total. The molecule has 0 spiro atoms. The lowest BCUT2D eigenvalue weighted by Crippen LogP contribution is -2.57. The van der Waals surface area contributed by atoms with E-state index in [4.69, 9.17) is 9.47 Å². The first-order chi connectivity index (χ1) is 17.1. The van der Waals surface area contributed by atoms with Crippen molar-refractivity contribution in [2.75, 3.05) is 24.7 Å². The van der Waals surface area contributed by atoms with Gasteiger partial charge in [0.05, 0.1) is 12.3 Å². The number of halogens is 1. The topological polar surface area (TPSA) is 126 Å². The largest absolute Gasteiger partial charge is 0.491 e. The Balaban J connectivity index is 1.77. The summed E-state index contributed by atoms with van der Waals surface area (Å²) in [6, 6.07) is 13.6. The summed E-state index contributed by atoms with van der Waals surface area (Å²) in [5.74, 6) is -0.804. The number of amides is 2. The molecule has 2 aromatic carbocycles. The predicted octanol–water partition coefficient (Wildman–Crippen LogP) is 3.52. The second-order valence-electron chi connectivity index (χ2n) is 8.15. The molecule has 36 heavy (non-hydrogen) atoms. The molecule has 0 unspecified atom stereocenters. The van der Waals surface area contributed by atoms with Crippen LogP contribution in [0.1, 0.15) is 20.8 Å². The predicted molar refractivity (Wildman–Crippen MR) is 134 cm³/mol. The minimum atomic E-state index is -1.79. The Morgan fingerprint density at radius 1 is 0.944 bits per heavy atom. The summed E-state index contributed by atoms with van der Waals surface area (Å²) in [5.41, 5.74) is -0.675. The number of aromatic nitrogens is 2. The van der Waals surface area contributed by atoms with Crippen LogP contribution >= 0.6 is 0 Å². The van der Waals surface area contributed by atoms with Gasteiger partial charge in [-0.05, 0) is 57.2 Å². The Labute approximate surface area is 208 Å². The number of rotatable bonds is 10. The van der Waals surface area contributed by atoms with E-state index in [1.54, 1.807) is 48.5 Å². The van der Waals surface area contributed by atoms with E-state index in [0.29, 0.717) is 17.1 Å². The maximum atomic E-state index is 14.4. The summed E-state index contributed by atoms with van der Waals surface area (Å²) < 4.78 is 25.7. The van der Waals surface area contributed by atoms with Crippen LogP contribution < -0.4 is 30.7 Å². The van der Waals surface area contributed by atoms with E-state index in [0.717, 1.165) is 6.20 Å². The Hall–Kier alpha value is -4.41. The Morgan fingerprint density at radius 2 is 1.61 bits per heavy atom. The number of anilines is 4. The number of benzene rings is 2. The minimum absolute atomic E-state index is 0.0239. The maximum Gasteiger partial charge on any atom is 0.273 e. The van der Waals surface area contributed by atoms with Crippen LogP contribution in [-0.4, -0.2) is 47.6 Å². The van der Waals surface area contributed by atoms with Gasteiger partial charge in [-0.25, -0.2) is 9.37 Å². The molecule has 10 nitrogen and oxygen atoms in total. The van der Waals surface area contributed by atoms with E-state index in [1.807, 2.05) is 13.8 Å². The fourth-order valence-corrected chi connectivity index (χ4v) is 3.22. The fraction of sp³-hybridized carbons (Fsp3) is 0.280. The molecule has 1 aromatic heterocycles. The monoisotopic (exact) mass is 496 g/mol. The van der Waals surface area contributed by atoms with E-state index in [-0.39, 0.29) is 23.6 Å². The van der Waals surface area contributed by atoms with Crippen LogP contribution in [0.5, 0.6) is 11.5 Å². The third-order valence-electron chi connectivity index (χ3n) is 4.97. The van der Waals surface area contributed by atoms with Crippen molar-refractivity contribution in [3.63, 3.8) is 0 Å². The molecule has 0 bridgehead atoms. The lowest BCUT2D eigenvalue weighted by atomic mass is 10.0. The maximum absolute atomic E-state index is 14.4. The normalized spacial score (nSPS) is 11.0. The molecule has 2 amide bonds. The summed E-state index contributed by atoms with van der Waals surface area (Å²) in [6.45, 7) is 5.23. The van der Waals surface area contributed by atoms with Gasteiger partial charge >= 0.3 is 0 Å². The average Bonchev–Trinajstić information content (AvgIpc) is 2.86. The van der Waals surface area contributed by atoms with Crippen LogP contribution in [0.3, 0.4) is 0 Å². The number of hydrogen-bond acceptors (Lipinski definition) is 8. The lowest BCUT2D eigenvalue weighted by molar-refractivity contribution is -0.148. The Morgan fingerprint density at radius 3 is 2.22 bits per heavy atom. The molecule has 1 heterocycles. The molecule has 3 aromatic rings. The van der Waals surface area contributed by atoms with Gasteiger partial charge in [0.2, 0.25) is 5.95 Å². The van der Waals surface area contributed by atoms with Gasteiger partial charge in [0.1, 0.15) is 11.5 Å². The van der Waals surface area contributed by atoms with Gasteiger partial charge in [-0.2, -0.15) is 4.98 Å². The number of nitrogens with one attached hydrogen (secondary N) is 4. The molecule has 11 heteroatoms. The van der Waals surface area contributed by atoms with Gasteiger partial charge in [0, 0.05) is 31.5 Å². The van der Waals surface area contributed by atoms with Crippen LogP contribution in [0.15, 0.2) is 54.7 Å². The van der Waals surface area contributed by atoms with E-state index < -0.39 is 23.2 Å². The third-order valence-corrected chi connectivity index (χ3v) is 4.97. The number of carbonyl (C=O) groups excluding carboxylic acids is 2. The molecule has 0 aliphatic carbocycles. The number of hydrogen-bond donors (Lipinski definition) is 4. The molecular weight excluding hydrogens is 467 g/mol. The Kier molecular flexibility index (Phi) is 8.26. The first-order valence-electron chi connectivity index (χ1n) is 11.2. The van der Waals surface area contributed by atoms with Gasteiger partial charge in [-0.15, -0.1) is 0 Å². The highest BCUT2D eigenvalue weighted by Crippen LogP contribution is 2.26. The smallest absolute Gasteiger partial charge is 0.273 e. The van der Waals surface area contributed by atoms with Crippen molar-refractivity contribution < 1.29 is 23.5 Å². The van der Waals surface area contributed by atoms with Crippen molar-refractivity contribution in [3.8, 4) is 11.5 Å². The highest BCUT2D eigenvalue weighted by Gasteiger charge is 2.42. The SMILES string of the molecule is CNC(=O)C(C)(Oc1cccc(Nc2ncc(F)c(Nc3ccc(OC(C)C)cc3)n2)c1)C(=O)NC. The molecular formula is C25H29FN6O4. The molecule has 0 fully saturated rings. The molecule has 0 radical (unpaired) electrons. The summed E-state index contributed by atoms with van der Waals surface area (Å²) in [7, 11) is 2.83. The second-order valence-corrected chi connectivity index (χ2v) is 8.15. The Bertz CT molecular complexity index is 1200. The summed E-state index contributed by atoms with van der Waals surface area (Å²) >= 11 is 0. The zero-order valence-electron chi connectivity index (χ0n) is 20.7. The van der Waals surface area contributed by atoms with Gasteiger partial charge in [0.15, 0.2) is 11.6 Å². The molecule has 0 saturated carbocycles. The van der Waals surface area contributed by atoms with Crippen molar-refractivity contribution >= 4 is 35.0 Å². The van der Waals surface area contributed by atoms with Crippen molar-refractivity contribution in [1.82, 2.24) is 20.6 Å². The summed E-state index contributed by atoms with van der Waals surface area (Å²) in [5, 5.41) is 10.8. The fourth-order valence-electron chi connectivity index (χ4n) is 3.22. The number of nitrogens with zero attached hydrogens (tertiary/aromatic N) is 2. The molecule has 0 aliphatic rings. The van der Waals surface area contributed by atoms with Crippen LogP contribution in [0.2, 0.25) is 0 Å². The van der Waals surface area contributed by atoms with Crippen molar-refractivity contribution in [3.05, 3.63) is 60.5 Å². The first-order valence-corrected chi connectivity index (χ1v) is 11.2. The molecule has 3 rings (SSSR count). The van der Waals surface area contributed by atoms with Crippen LogP contribution in [-0.2, 0) is 9.59 Å². The summed E-state index contributed by atoms with van der Waals surface area (Å²) in [6.07, 6.45) is 1.09. The zero-order valence-corrected chi connectivity index (χ0v) is 20.7. The molecule has 0 atom stereocenters. The minimum Gasteiger partial charge on any atom is -0.491 e. The van der Waals surface area contributed by atoms with Gasteiger partial charge in [-0.3, -0.25) is 9.59 Å². The highest BCUT2D eigenvalue weighted by atomic mass is 19.1. The number of likely N-dealkylation sites (N-methyl/N-ethyl adjacent to an activating group) is 2. The summed E-state index contributed by atoms with van der Waals surface area (Å²) in [4.78, 5) is 32.8. The molecule has 0 aliphatic heterocycles. The van der Waals surface area contributed by atoms with Crippen molar-refractivity contribution in [2.45, 2.75) is 32.5 Å². The van der Waals surface area contributed by atoms with Crippen molar-refractivity contribution in [1.29, 1.82) is 0 Å². The van der Waals surface area contributed by atoms with Crippen LogP contribution in [0, 0.1) is 5.82 Å². The van der Waals surface area contributed by atoms with E-state index in [9.17, 15) is 14.0 Å².